The minimum absolute atomic E-state index is 0.0120. The lowest BCUT2D eigenvalue weighted by Gasteiger charge is -2.26. The van der Waals surface area contributed by atoms with Crippen LogP contribution in [0.1, 0.15) is 30.7 Å². The zero-order chi connectivity index (χ0) is 17.9. The Hall–Kier alpha value is -1.01. The molecule has 0 unspecified atom stereocenters. The highest BCUT2D eigenvalue weighted by molar-refractivity contribution is 7.98. The SMILES string of the molecule is [B]CCCC(=O)C[C@H](c1ccc(SC)cc1)[C@@H](CF)NC(=O)CCl. The van der Waals surface area contributed by atoms with Gasteiger partial charge in [0.2, 0.25) is 5.91 Å². The molecule has 0 aliphatic carbocycles. The predicted octanol–water partition coefficient (Wildman–Crippen LogP) is 3.51. The van der Waals surface area contributed by atoms with Crippen molar-refractivity contribution >= 4 is 42.9 Å². The fourth-order valence-corrected chi connectivity index (χ4v) is 2.97. The normalized spacial score (nSPS) is 13.3. The number of hydrogen-bond donors (Lipinski definition) is 1. The van der Waals surface area contributed by atoms with E-state index in [9.17, 15) is 14.0 Å². The van der Waals surface area contributed by atoms with Crippen LogP contribution in [0.15, 0.2) is 29.2 Å². The van der Waals surface area contributed by atoms with Crippen LogP contribution < -0.4 is 5.32 Å². The van der Waals surface area contributed by atoms with Crippen molar-refractivity contribution in [3.8, 4) is 0 Å². The molecule has 2 radical (unpaired) electrons. The Morgan fingerprint density at radius 2 is 2.00 bits per heavy atom. The van der Waals surface area contributed by atoms with Crippen LogP contribution >= 0.6 is 23.4 Å². The van der Waals surface area contributed by atoms with E-state index in [1.807, 2.05) is 30.5 Å². The molecule has 3 nitrogen and oxygen atoms in total. The summed E-state index contributed by atoms with van der Waals surface area (Å²) in [5.41, 5.74) is 0.825. The van der Waals surface area contributed by atoms with E-state index < -0.39 is 24.5 Å². The van der Waals surface area contributed by atoms with Crippen LogP contribution in [0.5, 0.6) is 0 Å². The molecule has 24 heavy (non-hydrogen) atoms. The van der Waals surface area contributed by atoms with Crippen LogP contribution in [-0.2, 0) is 9.59 Å². The van der Waals surface area contributed by atoms with Crippen LogP contribution in [0.4, 0.5) is 4.39 Å². The number of carbonyl (C=O) groups is 2. The van der Waals surface area contributed by atoms with Gasteiger partial charge in [0.05, 0.1) is 13.9 Å². The van der Waals surface area contributed by atoms with Gasteiger partial charge in [-0.3, -0.25) is 9.59 Å². The Morgan fingerprint density at radius 3 is 2.50 bits per heavy atom. The molecule has 130 valence electrons. The van der Waals surface area contributed by atoms with E-state index in [4.69, 9.17) is 19.4 Å². The monoisotopic (exact) mass is 369 g/mol. The lowest BCUT2D eigenvalue weighted by molar-refractivity contribution is -0.122. The first-order valence-electron chi connectivity index (χ1n) is 7.82. The van der Waals surface area contributed by atoms with Crippen LogP contribution in [0.3, 0.4) is 0 Å². The molecule has 0 saturated heterocycles. The van der Waals surface area contributed by atoms with Crippen molar-refractivity contribution in [1.82, 2.24) is 5.32 Å². The van der Waals surface area contributed by atoms with Crippen LogP contribution in [0.2, 0.25) is 6.32 Å². The summed E-state index contributed by atoms with van der Waals surface area (Å²) in [6, 6.07) is 6.83. The van der Waals surface area contributed by atoms with E-state index in [1.165, 1.54) is 0 Å². The van der Waals surface area contributed by atoms with E-state index >= 15 is 0 Å². The molecule has 7 heteroatoms. The van der Waals surface area contributed by atoms with Gasteiger partial charge in [0.25, 0.3) is 0 Å². The molecule has 0 aromatic heterocycles. The van der Waals surface area contributed by atoms with Crippen molar-refractivity contribution < 1.29 is 14.0 Å². The first-order chi connectivity index (χ1) is 11.5. The highest BCUT2D eigenvalue weighted by Gasteiger charge is 2.27. The topological polar surface area (TPSA) is 46.2 Å². The number of rotatable bonds is 11. The Balaban J connectivity index is 2.99. The predicted molar refractivity (Wildman–Crippen MR) is 99.0 cm³/mol. The van der Waals surface area contributed by atoms with Gasteiger partial charge in [-0.15, -0.1) is 23.4 Å². The maximum absolute atomic E-state index is 13.5. The minimum Gasteiger partial charge on any atom is -0.349 e. The maximum atomic E-state index is 13.5. The second kappa shape index (κ2) is 11.5. The van der Waals surface area contributed by atoms with Gasteiger partial charge in [0, 0.05) is 23.7 Å². The molecule has 0 heterocycles. The first-order valence-corrected chi connectivity index (χ1v) is 9.58. The number of hydrogen-bond acceptors (Lipinski definition) is 3. The van der Waals surface area contributed by atoms with Crippen molar-refractivity contribution in [3.63, 3.8) is 0 Å². The quantitative estimate of drug-likeness (QED) is 0.369. The third kappa shape index (κ3) is 6.85. The van der Waals surface area contributed by atoms with Crippen molar-refractivity contribution in [2.75, 3.05) is 18.8 Å². The summed E-state index contributed by atoms with van der Waals surface area (Å²) in [7, 11) is 5.43. The molecule has 1 rings (SSSR count). The summed E-state index contributed by atoms with van der Waals surface area (Å²) >= 11 is 7.10. The largest absolute Gasteiger partial charge is 0.349 e. The second-order valence-electron chi connectivity index (χ2n) is 5.48. The third-order valence-corrected chi connectivity index (χ3v) is 4.76. The zero-order valence-corrected chi connectivity index (χ0v) is 15.3. The van der Waals surface area contributed by atoms with E-state index in [1.54, 1.807) is 11.8 Å². The number of carbonyl (C=O) groups excluding carboxylic acids is 2. The number of nitrogens with one attached hydrogen (secondary N) is 1. The molecule has 0 bridgehead atoms. The highest BCUT2D eigenvalue weighted by Crippen LogP contribution is 2.27. The van der Waals surface area contributed by atoms with E-state index in [0.29, 0.717) is 19.2 Å². The molecule has 1 amide bonds. The Bertz CT molecular complexity index is 530. The lowest BCUT2D eigenvalue weighted by Crippen LogP contribution is -2.42. The average Bonchev–Trinajstić information content (AvgIpc) is 2.62. The van der Waals surface area contributed by atoms with Gasteiger partial charge < -0.3 is 5.32 Å². The highest BCUT2D eigenvalue weighted by atomic mass is 35.5. The summed E-state index contributed by atoms with van der Waals surface area (Å²) in [5, 5.41) is 2.58. The molecular formula is C17H22BClFNO2S. The fraction of sp³-hybridized carbons (Fsp3) is 0.529. The molecule has 0 saturated carbocycles. The van der Waals surface area contributed by atoms with Crippen molar-refractivity contribution in [3.05, 3.63) is 29.8 Å². The first kappa shape index (κ1) is 21.0. The molecule has 0 aliphatic heterocycles. The van der Waals surface area contributed by atoms with Crippen LogP contribution in [-0.4, -0.2) is 44.4 Å². The molecule has 1 aromatic carbocycles. The molecule has 0 spiro atoms. The second-order valence-corrected chi connectivity index (χ2v) is 6.62. The molecule has 1 N–H and O–H groups in total. The number of halogens is 2. The molecule has 0 fully saturated rings. The Kier molecular flexibility index (Phi) is 10.1. The maximum Gasteiger partial charge on any atom is 0.235 e. The minimum atomic E-state index is -0.779. The summed E-state index contributed by atoms with van der Waals surface area (Å²) in [5.74, 6) is -1.10. The number of benzene rings is 1. The third-order valence-electron chi connectivity index (χ3n) is 3.77. The van der Waals surface area contributed by atoms with Crippen molar-refractivity contribution in [2.45, 2.75) is 42.4 Å². The van der Waals surface area contributed by atoms with Gasteiger partial charge in [-0.2, -0.15) is 0 Å². The zero-order valence-electron chi connectivity index (χ0n) is 13.8. The summed E-state index contributed by atoms with van der Waals surface area (Å²) in [4.78, 5) is 24.8. The Labute approximate surface area is 153 Å². The summed E-state index contributed by atoms with van der Waals surface area (Å²) in [6.45, 7) is -0.762. The summed E-state index contributed by atoms with van der Waals surface area (Å²) < 4.78 is 13.5. The van der Waals surface area contributed by atoms with Gasteiger partial charge in [-0.05, 0) is 24.0 Å². The molecule has 0 aliphatic rings. The Morgan fingerprint density at radius 1 is 1.33 bits per heavy atom. The van der Waals surface area contributed by atoms with Gasteiger partial charge >= 0.3 is 0 Å². The average molecular weight is 370 g/mol. The standard InChI is InChI=1S/C17H22BClFNO2S/c1-24-14-6-4-12(5-7-14)15(9-13(22)3-2-8-18)16(11-20)21-17(23)10-19/h4-7,15-16H,2-3,8-11H2,1H3,(H,21,23)/t15-,16-/m1/s1. The molecule has 2 atom stereocenters. The van der Waals surface area contributed by atoms with E-state index in [2.05, 4.69) is 5.32 Å². The smallest absolute Gasteiger partial charge is 0.235 e. The lowest BCUT2D eigenvalue weighted by atomic mass is 9.86. The van der Waals surface area contributed by atoms with Crippen LogP contribution in [0.25, 0.3) is 0 Å². The van der Waals surface area contributed by atoms with Crippen LogP contribution in [0, 0.1) is 0 Å². The molecule has 1 aromatic rings. The van der Waals surface area contributed by atoms with E-state index in [-0.39, 0.29) is 18.1 Å². The van der Waals surface area contributed by atoms with Gasteiger partial charge in [0.15, 0.2) is 0 Å². The van der Waals surface area contributed by atoms with Gasteiger partial charge in [-0.25, -0.2) is 4.39 Å². The van der Waals surface area contributed by atoms with Gasteiger partial charge in [0.1, 0.15) is 18.3 Å². The molecular weight excluding hydrogens is 348 g/mol. The van der Waals surface area contributed by atoms with Crippen molar-refractivity contribution in [1.29, 1.82) is 0 Å². The summed E-state index contributed by atoms with van der Waals surface area (Å²) in [6.07, 6.45) is 3.53. The number of Topliss-reactive ketones (excluding diaryl/α,β-unsaturated/α-hetero) is 1. The van der Waals surface area contributed by atoms with Crippen molar-refractivity contribution in [2.24, 2.45) is 0 Å². The number of alkyl halides is 2. The van der Waals surface area contributed by atoms with Gasteiger partial charge in [-0.1, -0.05) is 24.9 Å². The number of thioether (sulfide) groups is 1. The number of amides is 1. The number of ketones is 1. The fourth-order valence-electron chi connectivity index (χ4n) is 2.48. The van der Waals surface area contributed by atoms with E-state index in [0.717, 1.165) is 10.5 Å².